The van der Waals surface area contributed by atoms with E-state index in [1.54, 1.807) is 0 Å². The summed E-state index contributed by atoms with van der Waals surface area (Å²) >= 11 is 2.01. The first-order valence-corrected chi connectivity index (χ1v) is 8.52. The second kappa shape index (κ2) is 7.65. The van der Waals surface area contributed by atoms with Crippen molar-refractivity contribution in [2.24, 2.45) is 0 Å². The standard InChI is InChI=1S/C17H24N2S/c1-4-20-10-9-13(2)18-12-15-6-8-17-16(11-15)7-5-14(3)19-17/h5-8,11,13,18H,4,9-10,12H2,1-3H3. The van der Waals surface area contributed by atoms with Gasteiger partial charge in [0.05, 0.1) is 5.52 Å². The number of aromatic nitrogens is 1. The Balaban J connectivity index is 1.91. The molecule has 3 heteroatoms. The van der Waals surface area contributed by atoms with Gasteiger partial charge >= 0.3 is 0 Å². The fourth-order valence-electron chi connectivity index (χ4n) is 2.19. The van der Waals surface area contributed by atoms with E-state index >= 15 is 0 Å². The molecule has 0 radical (unpaired) electrons. The number of pyridine rings is 1. The van der Waals surface area contributed by atoms with Crippen molar-refractivity contribution in [1.29, 1.82) is 0 Å². The Kier molecular flexibility index (Phi) is 5.86. The maximum atomic E-state index is 4.54. The first-order chi connectivity index (χ1) is 9.69. The highest BCUT2D eigenvalue weighted by Crippen LogP contribution is 2.15. The van der Waals surface area contributed by atoms with Gasteiger partial charge in [-0.05, 0) is 55.5 Å². The van der Waals surface area contributed by atoms with Crippen LogP contribution in [-0.2, 0) is 6.54 Å². The summed E-state index contributed by atoms with van der Waals surface area (Å²) < 4.78 is 0. The molecule has 0 saturated carbocycles. The minimum Gasteiger partial charge on any atom is -0.310 e. The van der Waals surface area contributed by atoms with E-state index < -0.39 is 0 Å². The van der Waals surface area contributed by atoms with Gasteiger partial charge in [0, 0.05) is 23.7 Å². The lowest BCUT2D eigenvalue weighted by molar-refractivity contribution is 0.537. The van der Waals surface area contributed by atoms with Gasteiger partial charge in [0.1, 0.15) is 0 Å². The summed E-state index contributed by atoms with van der Waals surface area (Å²) in [5.74, 6) is 2.45. The van der Waals surface area contributed by atoms with E-state index in [2.05, 4.69) is 54.5 Å². The zero-order valence-electron chi connectivity index (χ0n) is 12.6. The molecule has 1 aromatic carbocycles. The number of aryl methyl sites for hydroxylation is 1. The van der Waals surface area contributed by atoms with Crippen LogP contribution in [0.5, 0.6) is 0 Å². The van der Waals surface area contributed by atoms with E-state index in [0.717, 1.165) is 17.8 Å². The second-order valence-corrected chi connectivity index (χ2v) is 6.64. The summed E-state index contributed by atoms with van der Waals surface area (Å²) in [6.07, 6.45) is 1.23. The number of hydrogen-bond acceptors (Lipinski definition) is 3. The SMILES string of the molecule is CCSCCC(C)NCc1ccc2nc(C)ccc2c1. The van der Waals surface area contributed by atoms with Gasteiger partial charge in [0.25, 0.3) is 0 Å². The molecule has 1 aromatic heterocycles. The molecule has 1 N–H and O–H groups in total. The highest BCUT2D eigenvalue weighted by atomic mass is 32.2. The number of nitrogens with one attached hydrogen (secondary N) is 1. The van der Waals surface area contributed by atoms with Gasteiger partial charge in [0.15, 0.2) is 0 Å². The molecule has 108 valence electrons. The van der Waals surface area contributed by atoms with Gasteiger partial charge in [-0.3, -0.25) is 4.98 Å². The minimum atomic E-state index is 0.570. The van der Waals surface area contributed by atoms with Crippen LogP contribution in [0.3, 0.4) is 0 Å². The van der Waals surface area contributed by atoms with Gasteiger partial charge in [0.2, 0.25) is 0 Å². The lowest BCUT2D eigenvalue weighted by Crippen LogP contribution is -2.26. The summed E-state index contributed by atoms with van der Waals surface area (Å²) in [6, 6.07) is 11.3. The third-order valence-electron chi connectivity index (χ3n) is 3.45. The molecule has 1 heterocycles. The number of thioether (sulfide) groups is 1. The molecule has 0 spiro atoms. The first kappa shape index (κ1) is 15.3. The average Bonchev–Trinajstić information content (AvgIpc) is 2.45. The normalized spacial score (nSPS) is 12.8. The van der Waals surface area contributed by atoms with E-state index in [-0.39, 0.29) is 0 Å². The molecule has 2 nitrogen and oxygen atoms in total. The summed E-state index contributed by atoms with van der Waals surface area (Å²) in [4.78, 5) is 4.54. The summed E-state index contributed by atoms with van der Waals surface area (Å²) in [6.45, 7) is 7.45. The van der Waals surface area contributed by atoms with E-state index in [1.807, 2.05) is 18.7 Å². The zero-order chi connectivity index (χ0) is 14.4. The first-order valence-electron chi connectivity index (χ1n) is 7.36. The van der Waals surface area contributed by atoms with Gasteiger partial charge in [-0.2, -0.15) is 11.8 Å². The van der Waals surface area contributed by atoms with E-state index in [1.165, 1.54) is 28.9 Å². The van der Waals surface area contributed by atoms with Gasteiger partial charge in [-0.1, -0.05) is 19.1 Å². The summed E-state index contributed by atoms with van der Waals surface area (Å²) in [5, 5.41) is 4.83. The van der Waals surface area contributed by atoms with Gasteiger partial charge < -0.3 is 5.32 Å². The number of benzene rings is 1. The molecule has 0 aliphatic carbocycles. The van der Waals surface area contributed by atoms with Crippen molar-refractivity contribution in [3.63, 3.8) is 0 Å². The number of rotatable bonds is 7. The quantitative estimate of drug-likeness (QED) is 0.774. The van der Waals surface area contributed by atoms with Crippen LogP contribution in [0.15, 0.2) is 30.3 Å². The predicted molar refractivity (Wildman–Crippen MR) is 90.4 cm³/mol. The molecule has 0 fully saturated rings. The fourth-order valence-corrected chi connectivity index (χ4v) is 2.99. The fraction of sp³-hybridized carbons (Fsp3) is 0.471. The molecule has 0 aliphatic heterocycles. The van der Waals surface area contributed by atoms with E-state index in [9.17, 15) is 0 Å². The molecular formula is C17H24N2S. The molecule has 2 aromatic rings. The Morgan fingerprint density at radius 3 is 2.90 bits per heavy atom. The zero-order valence-corrected chi connectivity index (χ0v) is 13.5. The number of hydrogen-bond donors (Lipinski definition) is 1. The van der Waals surface area contributed by atoms with Crippen molar-refractivity contribution in [2.75, 3.05) is 11.5 Å². The maximum absolute atomic E-state index is 4.54. The molecule has 0 amide bonds. The van der Waals surface area contributed by atoms with E-state index in [0.29, 0.717) is 6.04 Å². The lowest BCUT2D eigenvalue weighted by atomic mass is 10.1. The van der Waals surface area contributed by atoms with Crippen molar-refractivity contribution in [3.8, 4) is 0 Å². The third-order valence-corrected chi connectivity index (χ3v) is 4.38. The Morgan fingerprint density at radius 2 is 2.10 bits per heavy atom. The van der Waals surface area contributed by atoms with Crippen LogP contribution < -0.4 is 5.32 Å². The van der Waals surface area contributed by atoms with E-state index in [4.69, 9.17) is 0 Å². The van der Waals surface area contributed by atoms with Crippen LogP contribution in [0.4, 0.5) is 0 Å². The number of nitrogens with zero attached hydrogens (tertiary/aromatic N) is 1. The maximum Gasteiger partial charge on any atom is 0.0705 e. The van der Waals surface area contributed by atoms with Crippen molar-refractivity contribution in [2.45, 2.75) is 39.8 Å². The minimum absolute atomic E-state index is 0.570. The van der Waals surface area contributed by atoms with Gasteiger partial charge in [-0.25, -0.2) is 0 Å². The molecule has 1 atom stereocenters. The van der Waals surface area contributed by atoms with Crippen molar-refractivity contribution in [1.82, 2.24) is 10.3 Å². The molecule has 2 rings (SSSR count). The lowest BCUT2D eigenvalue weighted by Gasteiger charge is -2.13. The Morgan fingerprint density at radius 1 is 1.25 bits per heavy atom. The molecule has 0 aliphatic rings. The van der Waals surface area contributed by atoms with Crippen molar-refractivity contribution < 1.29 is 0 Å². The molecule has 0 saturated heterocycles. The Bertz CT molecular complexity index is 554. The molecule has 0 bridgehead atoms. The smallest absolute Gasteiger partial charge is 0.0705 e. The monoisotopic (exact) mass is 288 g/mol. The van der Waals surface area contributed by atoms with Gasteiger partial charge in [-0.15, -0.1) is 0 Å². The topological polar surface area (TPSA) is 24.9 Å². The van der Waals surface area contributed by atoms with Crippen LogP contribution in [0.25, 0.3) is 10.9 Å². The third kappa shape index (κ3) is 4.50. The molecule has 1 unspecified atom stereocenters. The summed E-state index contributed by atoms with van der Waals surface area (Å²) in [5.41, 5.74) is 3.49. The molecule has 20 heavy (non-hydrogen) atoms. The Labute approximate surface area is 126 Å². The molecular weight excluding hydrogens is 264 g/mol. The van der Waals surface area contributed by atoms with Crippen molar-refractivity contribution in [3.05, 3.63) is 41.6 Å². The average molecular weight is 288 g/mol. The van der Waals surface area contributed by atoms with Crippen LogP contribution in [0.1, 0.15) is 31.5 Å². The number of fused-ring (bicyclic) bond motifs is 1. The highest BCUT2D eigenvalue weighted by Gasteiger charge is 2.03. The van der Waals surface area contributed by atoms with Crippen LogP contribution in [0.2, 0.25) is 0 Å². The van der Waals surface area contributed by atoms with Crippen LogP contribution in [0, 0.1) is 6.92 Å². The second-order valence-electron chi connectivity index (χ2n) is 5.25. The highest BCUT2D eigenvalue weighted by molar-refractivity contribution is 7.99. The van der Waals surface area contributed by atoms with Crippen LogP contribution in [-0.4, -0.2) is 22.5 Å². The Hall–Kier alpha value is -1.06. The predicted octanol–water partition coefficient (Wildman–Crippen LogP) is 4.16. The van der Waals surface area contributed by atoms with Crippen molar-refractivity contribution >= 4 is 22.7 Å². The summed E-state index contributed by atoms with van der Waals surface area (Å²) in [7, 11) is 0. The largest absolute Gasteiger partial charge is 0.310 e. The van der Waals surface area contributed by atoms with Crippen LogP contribution >= 0.6 is 11.8 Å².